The van der Waals surface area contributed by atoms with E-state index in [4.69, 9.17) is 0 Å². The van der Waals surface area contributed by atoms with Crippen molar-refractivity contribution in [1.82, 2.24) is 4.89 Å². The maximum absolute atomic E-state index is 12.7. The molecule has 9 heteroatoms. The molecule has 1 heterocycles. The first-order valence-electron chi connectivity index (χ1n) is 4.62. The number of rotatable bonds is 3. The third-order valence-electron chi connectivity index (χ3n) is 2.36. The Morgan fingerprint density at radius 1 is 1.28 bits per heavy atom. The molecule has 0 aliphatic carbocycles. The highest BCUT2D eigenvalue weighted by molar-refractivity contribution is 7.77. The van der Waals surface area contributed by atoms with E-state index < -0.39 is 17.8 Å². The normalized spacial score (nSPS) is 16.4. The average Bonchev–Trinajstić information content (AvgIpc) is 3.10. The number of alkyl halides is 3. The van der Waals surface area contributed by atoms with Crippen LogP contribution in [0.25, 0.3) is 0 Å². The predicted octanol–water partition coefficient (Wildman–Crippen LogP) is 2.37. The molecule has 1 N–H and O–H groups in total. The van der Waals surface area contributed by atoms with Crippen LogP contribution >= 0.6 is 12.8 Å². The topological polar surface area (TPSA) is 63.0 Å². The molecule has 0 atom stereocenters. The van der Waals surface area contributed by atoms with Crippen LogP contribution in [-0.4, -0.2) is 12.1 Å². The van der Waals surface area contributed by atoms with Gasteiger partial charge in [-0.3, -0.25) is 0 Å². The number of thiol groups is 1. The van der Waals surface area contributed by atoms with Gasteiger partial charge in [-0.1, -0.05) is 29.8 Å². The number of hydrogen-bond acceptors (Lipinski definition) is 6. The van der Waals surface area contributed by atoms with E-state index in [-0.39, 0.29) is 11.1 Å². The fourth-order valence-electron chi connectivity index (χ4n) is 1.38. The molecule has 1 aromatic rings. The molecular weight excluding hydrogens is 271 g/mol. The van der Waals surface area contributed by atoms with E-state index in [2.05, 4.69) is 27.9 Å². The molecule has 0 saturated heterocycles. The lowest BCUT2D eigenvalue weighted by Crippen LogP contribution is -2.30. The van der Waals surface area contributed by atoms with Crippen molar-refractivity contribution in [1.29, 1.82) is 0 Å². The van der Waals surface area contributed by atoms with Crippen LogP contribution in [0.3, 0.4) is 0 Å². The summed E-state index contributed by atoms with van der Waals surface area (Å²) in [5.74, 6) is -0.762. The molecule has 5 nitrogen and oxygen atoms in total. The fourth-order valence-corrected chi connectivity index (χ4v) is 1.46. The molecule has 0 unspecified atom stereocenters. The van der Waals surface area contributed by atoms with Crippen molar-refractivity contribution >= 4 is 18.8 Å². The second-order valence-corrected chi connectivity index (χ2v) is 3.61. The maximum atomic E-state index is 12.7. The van der Waals surface area contributed by atoms with Gasteiger partial charge < -0.3 is 4.84 Å². The molecule has 0 saturated carbocycles. The van der Waals surface area contributed by atoms with Gasteiger partial charge in [-0.05, 0) is 12.1 Å². The Morgan fingerprint density at radius 3 is 2.22 bits per heavy atom. The zero-order valence-electron chi connectivity index (χ0n) is 8.60. The van der Waals surface area contributed by atoms with E-state index in [1.165, 1.54) is 12.1 Å². The van der Waals surface area contributed by atoms with E-state index in [1.807, 2.05) is 4.89 Å². The van der Waals surface area contributed by atoms with E-state index in [9.17, 15) is 18.0 Å². The van der Waals surface area contributed by atoms with Gasteiger partial charge >= 0.3 is 17.8 Å². The van der Waals surface area contributed by atoms with Crippen molar-refractivity contribution in [3.63, 3.8) is 0 Å². The Hall–Kier alpha value is -1.61. The van der Waals surface area contributed by atoms with Crippen molar-refractivity contribution < 1.29 is 22.8 Å². The number of benzene rings is 1. The minimum absolute atomic E-state index is 0.0817. The molecule has 18 heavy (non-hydrogen) atoms. The molecule has 0 aromatic heterocycles. The first-order chi connectivity index (χ1) is 8.40. The summed E-state index contributed by atoms with van der Waals surface area (Å²) in [7, 11) is 0. The number of carbonyl (C=O) groups excluding carboxylic acids is 1. The van der Waals surface area contributed by atoms with Crippen LogP contribution in [-0.2, 0) is 10.5 Å². The molecule has 0 bridgehead atoms. The smallest absolute Gasteiger partial charge is 0.356 e. The third-order valence-corrected chi connectivity index (χ3v) is 2.45. The van der Waals surface area contributed by atoms with Crippen LogP contribution in [0.1, 0.15) is 15.9 Å². The Morgan fingerprint density at radius 2 is 1.83 bits per heavy atom. The van der Waals surface area contributed by atoms with Gasteiger partial charge in [-0.15, -0.1) is 10.2 Å². The van der Waals surface area contributed by atoms with Crippen LogP contribution in [0.2, 0.25) is 0 Å². The van der Waals surface area contributed by atoms with Gasteiger partial charge in [0.1, 0.15) is 0 Å². The number of hydrogen-bond donors (Lipinski definition) is 2. The van der Waals surface area contributed by atoms with Gasteiger partial charge in [0, 0.05) is 5.56 Å². The summed E-state index contributed by atoms with van der Waals surface area (Å²) in [5, 5.41) is 6.09. The van der Waals surface area contributed by atoms with Crippen LogP contribution in [0, 0.1) is 0 Å². The van der Waals surface area contributed by atoms with E-state index in [1.54, 1.807) is 0 Å². The Kier molecular flexibility index (Phi) is 3.03. The summed E-state index contributed by atoms with van der Waals surface area (Å²) in [6.45, 7) is 0. The maximum Gasteiger partial charge on any atom is 0.442 e. The molecule has 1 aromatic carbocycles. The fraction of sp³-hybridized carbons (Fsp3) is 0.222. The third kappa shape index (κ3) is 2.06. The molecule has 0 spiro atoms. The standard InChI is InChI=1S/C9H6F3N3O2S/c10-9(11,12)8(13-14-8)6-3-1-5(2-4-6)7(16)17-15-18/h1-4,15,18H. The number of nitrogens with one attached hydrogen (secondary N) is 1. The molecule has 2 rings (SSSR count). The van der Waals surface area contributed by atoms with E-state index in [0.29, 0.717) is 0 Å². The molecule has 1 aliphatic rings. The van der Waals surface area contributed by atoms with Gasteiger partial charge in [0.05, 0.1) is 5.56 Å². The highest BCUT2D eigenvalue weighted by atomic mass is 32.1. The monoisotopic (exact) mass is 277 g/mol. The minimum Gasteiger partial charge on any atom is -0.356 e. The summed E-state index contributed by atoms with van der Waals surface area (Å²) in [4.78, 5) is 17.4. The second kappa shape index (κ2) is 4.25. The lowest BCUT2D eigenvalue weighted by molar-refractivity contribution is -0.166. The van der Waals surface area contributed by atoms with E-state index in [0.717, 1.165) is 12.1 Å². The Balaban J connectivity index is 2.21. The molecule has 96 valence electrons. The first-order valence-corrected chi connectivity index (χ1v) is 5.07. The van der Waals surface area contributed by atoms with Crippen LogP contribution in [0.4, 0.5) is 13.2 Å². The quantitative estimate of drug-likeness (QED) is 0.658. The lowest BCUT2D eigenvalue weighted by atomic mass is 10.0. The SMILES string of the molecule is O=C(ONS)c1ccc(C2(C(F)(F)F)N=N2)cc1. The van der Waals surface area contributed by atoms with Crippen molar-refractivity contribution in [3.05, 3.63) is 35.4 Å². The molecule has 1 aliphatic heterocycles. The molecular formula is C9H6F3N3O2S. The van der Waals surface area contributed by atoms with Crippen molar-refractivity contribution in [2.24, 2.45) is 10.2 Å². The number of nitrogens with zero attached hydrogens (tertiary/aromatic N) is 2. The van der Waals surface area contributed by atoms with Crippen LogP contribution in [0.15, 0.2) is 34.5 Å². The predicted molar refractivity (Wildman–Crippen MR) is 56.6 cm³/mol. The van der Waals surface area contributed by atoms with Gasteiger partial charge in [0.15, 0.2) is 0 Å². The summed E-state index contributed by atoms with van der Waals surface area (Å²) < 4.78 is 38.0. The van der Waals surface area contributed by atoms with Gasteiger partial charge in [-0.2, -0.15) is 13.2 Å². The van der Waals surface area contributed by atoms with Gasteiger partial charge in [-0.25, -0.2) is 4.79 Å². The average molecular weight is 277 g/mol. The highest BCUT2D eigenvalue weighted by Gasteiger charge is 2.65. The van der Waals surface area contributed by atoms with Crippen LogP contribution in [0.5, 0.6) is 0 Å². The lowest BCUT2D eigenvalue weighted by Gasteiger charge is -2.14. The summed E-state index contributed by atoms with van der Waals surface area (Å²) in [6, 6.07) is 4.64. The van der Waals surface area contributed by atoms with E-state index >= 15 is 0 Å². The summed E-state index contributed by atoms with van der Waals surface area (Å²) in [6.07, 6.45) is -4.58. The van der Waals surface area contributed by atoms with Gasteiger partial charge in [0.25, 0.3) is 0 Å². The van der Waals surface area contributed by atoms with Crippen molar-refractivity contribution in [3.8, 4) is 0 Å². The zero-order chi connectivity index (χ0) is 13.4. The molecule has 0 radical (unpaired) electrons. The Bertz CT molecular complexity index is 495. The Labute approximate surface area is 105 Å². The summed E-state index contributed by atoms with van der Waals surface area (Å²) >= 11 is 3.45. The number of halogens is 3. The molecule has 0 amide bonds. The van der Waals surface area contributed by atoms with Gasteiger partial charge in [0.2, 0.25) is 0 Å². The minimum atomic E-state index is -4.58. The second-order valence-electron chi connectivity index (χ2n) is 3.43. The highest BCUT2D eigenvalue weighted by Crippen LogP contribution is 2.52. The first kappa shape index (κ1) is 12.8. The van der Waals surface area contributed by atoms with Crippen LogP contribution < -0.4 is 4.89 Å². The summed E-state index contributed by atoms with van der Waals surface area (Å²) in [5.41, 5.74) is -2.54. The van der Waals surface area contributed by atoms with Crippen molar-refractivity contribution in [2.75, 3.05) is 0 Å². The largest absolute Gasteiger partial charge is 0.442 e. The van der Waals surface area contributed by atoms with Crippen molar-refractivity contribution in [2.45, 2.75) is 11.8 Å². The zero-order valence-corrected chi connectivity index (χ0v) is 9.50. The number of carbonyl (C=O) groups is 1. The molecule has 0 fully saturated rings.